The molecule has 0 aliphatic heterocycles. The molecule has 3 rings (SSSR count). The molecular formula is C16H18FNO. The lowest BCUT2D eigenvalue weighted by Gasteiger charge is -2.37. The Morgan fingerprint density at radius 3 is 2.58 bits per heavy atom. The van der Waals surface area contributed by atoms with E-state index in [1.165, 1.54) is 5.56 Å². The third-order valence-electron chi connectivity index (χ3n) is 3.94. The summed E-state index contributed by atoms with van der Waals surface area (Å²) in [6.45, 7) is 2.12. The third-order valence-corrected chi connectivity index (χ3v) is 3.94. The number of nitrogens with one attached hydrogen (secondary N) is 1. The van der Waals surface area contributed by atoms with Crippen molar-refractivity contribution in [3.05, 3.63) is 59.8 Å². The minimum atomic E-state index is -0.163. The largest absolute Gasteiger partial charge is 0.468 e. The van der Waals surface area contributed by atoms with Crippen LogP contribution >= 0.6 is 0 Å². The fourth-order valence-electron chi connectivity index (χ4n) is 2.73. The molecule has 0 bridgehead atoms. The number of rotatable bonds is 4. The summed E-state index contributed by atoms with van der Waals surface area (Å²) in [5.41, 5.74) is 1.24. The zero-order valence-electron chi connectivity index (χ0n) is 11.0. The van der Waals surface area contributed by atoms with Gasteiger partial charge in [-0.3, -0.25) is 0 Å². The van der Waals surface area contributed by atoms with Gasteiger partial charge in [0.1, 0.15) is 11.6 Å². The molecule has 1 atom stereocenters. The summed E-state index contributed by atoms with van der Waals surface area (Å²) in [6.07, 6.45) is 3.92. The Labute approximate surface area is 112 Å². The molecule has 1 aromatic carbocycles. The average molecular weight is 259 g/mol. The van der Waals surface area contributed by atoms with Gasteiger partial charge in [-0.05, 0) is 55.5 Å². The highest BCUT2D eigenvalue weighted by Gasteiger charge is 2.31. The summed E-state index contributed by atoms with van der Waals surface area (Å²) >= 11 is 0. The Morgan fingerprint density at radius 1 is 1.21 bits per heavy atom. The van der Waals surface area contributed by atoms with Crippen LogP contribution in [0.1, 0.15) is 43.0 Å². The maximum Gasteiger partial charge on any atom is 0.123 e. The van der Waals surface area contributed by atoms with E-state index in [1.807, 2.05) is 24.3 Å². The van der Waals surface area contributed by atoms with Crippen LogP contribution in [0.3, 0.4) is 0 Å². The summed E-state index contributed by atoms with van der Waals surface area (Å²) in [7, 11) is 0. The van der Waals surface area contributed by atoms with Gasteiger partial charge >= 0.3 is 0 Å². The molecule has 3 heteroatoms. The van der Waals surface area contributed by atoms with Crippen molar-refractivity contribution in [2.45, 2.75) is 37.8 Å². The lowest BCUT2D eigenvalue weighted by molar-refractivity contribution is 0.258. The fraction of sp³-hybridized carbons (Fsp3) is 0.375. The Hall–Kier alpha value is -1.61. The van der Waals surface area contributed by atoms with E-state index in [0.29, 0.717) is 12.0 Å². The van der Waals surface area contributed by atoms with Gasteiger partial charge < -0.3 is 9.73 Å². The van der Waals surface area contributed by atoms with E-state index >= 15 is 0 Å². The Kier molecular flexibility index (Phi) is 3.38. The number of halogens is 1. The second-order valence-corrected chi connectivity index (χ2v) is 5.32. The van der Waals surface area contributed by atoms with Crippen molar-refractivity contribution in [3.63, 3.8) is 0 Å². The molecule has 0 radical (unpaired) electrons. The smallest absolute Gasteiger partial charge is 0.123 e. The number of hydrogen-bond acceptors (Lipinski definition) is 2. The summed E-state index contributed by atoms with van der Waals surface area (Å²) in [5.74, 6) is 1.37. The van der Waals surface area contributed by atoms with E-state index in [0.717, 1.165) is 18.6 Å². The molecule has 1 fully saturated rings. The van der Waals surface area contributed by atoms with Gasteiger partial charge in [-0.15, -0.1) is 0 Å². The van der Waals surface area contributed by atoms with Crippen molar-refractivity contribution in [1.82, 2.24) is 5.32 Å². The second-order valence-electron chi connectivity index (χ2n) is 5.32. The highest BCUT2D eigenvalue weighted by atomic mass is 19.1. The average Bonchev–Trinajstić information content (AvgIpc) is 2.88. The maximum atomic E-state index is 12.9. The predicted molar refractivity (Wildman–Crippen MR) is 72.4 cm³/mol. The second kappa shape index (κ2) is 5.17. The van der Waals surface area contributed by atoms with Crippen LogP contribution in [0.15, 0.2) is 47.1 Å². The van der Waals surface area contributed by atoms with Crippen LogP contribution in [0.2, 0.25) is 0 Å². The zero-order valence-corrected chi connectivity index (χ0v) is 11.0. The highest BCUT2D eigenvalue weighted by Crippen LogP contribution is 2.37. The highest BCUT2D eigenvalue weighted by molar-refractivity contribution is 5.23. The molecular weight excluding hydrogens is 241 g/mol. The van der Waals surface area contributed by atoms with Crippen molar-refractivity contribution in [2.75, 3.05) is 0 Å². The van der Waals surface area contributed by atoms with Crippen molar-refractivity contribution < 1.29 is 8.81 Å². The molecule has 0 spiro atoms. The molecule has 1 aliphatic rings. The van der Waals surface area contributed by atoms with Gasteiger partial charge in [-0.25, -0.2) is 4.39 Å². The summed E-state index contributed by atoms with van der Waals surface area (Å²) in [5, 5.41) is 3.56. The van der Waals surface area contributed by atoms with Crippen LogP contribution in [0.5, 0.6) is 0 Å². The molecule has 1 heterocycles. The van der Waals surface area contributed by atoms with Crippen molar-refractivity contribution >= 4 is 0 Å². The maximum absolute atomic E-state index is 12.9. The molecule has 1 saturated carbocycles. The lowest BCUT2D eigenvalue weighted by Crippen LogP contribution is -2.41. The van der Waals surface area contributed by atoms with Gasteiger partial charge in [0.2, 0.25) is 0 Å². The van der Waals surface area contributed by atoms with E-state index in [2.05, 4.69) is 12.2 Å². The van der Waals surface area contributed by atoms with Crippen LogP contribution in [-0.4, -0.2) is 6.04 Å². The van der Waals surface area contributed by atoms with Crippen LogP contribution in [-0.2, 0) is 0 Å². The molecule has 1 aliphatic carbocycles. The van der Waals surface area contributed by atoms with E-state index in [4.69, 9.17) is 4.42 Å². The molecule has 2 aromatic rings. The first-order chi connectivity index (χ1) is 9.22. The SMILES string of the molecule is C[C@@H](NC1CC(c2ccc(F)cc2)C1)c1ccco1. The summed E-state index contributed by atoms with van der Waals surface area (Å²) in [4.78, 5) is 0. The first-order valence-corrected chi connectivity index (χ1v) is 6.77. The predicted octanol–water partition coefficient (Wildman–Crippen LogP) is 4.02. The monoisotopic (exact) mass is 259 g/mol. The topological polar surface area (TPSA) is 25.2 Å². The fourth-order valence-corrected chi connectivity index (χ4v) is 2.73. The Morgan fingerprint density at radius 2 is 1.95 bits per heavy atom. The van der Waals surface area contributed by atoms with E-state index < -0.39 is 0 Å². The van der Waals surface area contributed by atoms with E-state index in [-0.39, 0.29) is 11.9 Å². The third kappa shape index (κ3) is 2.71. The molecule has 2 nitrogen and oxygen atoms in total. The van der Waals surface area contributed by atoms with Crippen LogP contribution in [0, 0.1) is 5.82 Å². The van der Waals surface area contributed by atoms with Crippen molar-refractivity contribution in [2.24, 2.45) is 0 Å². The molecule has 0 saturated heterocycles. The Balaban J connectivity index is 1.51. The number of hydrogen-bond donors (Lipinski definition) is 1. The van der Waals surface area contributed by atoms with Gasteiger partial charge in [-0.1, -0.05) is 12.1 Å². The van der Waals surface area contributed by atoms with Gasteiger partial charge in [0.15, 0.2) is 0 Å². The standard InChI is InChI=1S/C16H18FNO/c1-11(16-3-2-8-19-16)18-15-9-13(10-15)12-4-6-14(17)7-5-12/h2-8,11,13,15,18H,9-10H2,1H3/t11-,13?,15?/m1/s1. The minimum Gasteiger partial charge on any atom is -0.468 e. The number of furan rings is 1. The van der Waals surface area contributed by atoms with Crippen LogP contribution < -0.4 is 5.32 Å². The van der Waals surface area contributed by atoms with Gasteiger partial charge in [0.25, 0.3) is 0 Å². The molecule has 0 unspecified atom stereocenters. The minimum absolute atomic E-state index is 0.163. The Bertz CT molecular complexity index is 514. The first-order valence-electron chi connectivity index (χ1n) is 6.77. The van der Waals surface area contributed by atoms with Crippen LogP contribution in [0.4, 0.5) is 4.39 Å². The van der Waals surface area contributed by atoms with Gasteiger partial charge in [0, 0.05) is 6.04 Å². The molecule has 1 N–H and O–H groups in total. The first kappa shape index (κ1) is 12.4. The molecule has 100 valence electrons. The van der Waals surface area contributed by atoms with Crippen LogP contribution in [0.25, 0.3) is 0 Å². The summed E-state index contributed by atoms with van der Waals surface area (Å²) in [6, 6.07) is 11.6. The lowest BCUT2D eigenvalue weighted by atomic mass is 9.75. The van der Waals surface area contributed by atoms with Crippen molar-refractivity contribution in [3.8, 4) is 0 Å². The number of benzene rings is 1. The van der Waals surface area contributed by atoms with E-state index in [1.54, 1.807) is 18.4 Å². The van der Waals surface area contributed by atoms with Gasteiger partial charge in [0.05, 0.1) is 12.3 Å². The molecule has 0 amide bonds. The van der Waals surface area contributed by atoms with E-state index in [9.17, 15) is 4.39 Å². The van der Waals surface area contributed by atoms with Gasteiger partial charge in [-0.2, -0.15) is 0 Å². The molecule has 19 heavy (non-hydrogen) atoms. The summed E-state index contributed by atoms with van der Waals surface area (Å²) < 4.78 is 18.2. The quantitative estimate of drug-likeness (QED) is 0.897. The molecule has 1 aromatic heterocycles. The van der Waals surface area contributed by atoms with Crippen molar-refractivity contribution in [1.29, 1.82) is 0 Å². The normalized spacial score (nSPS) is 23.9. The zero-order chi connectivity index (χ0) is 13.2.